The Morgan fingerprint density at radius 3 is 2.55 bits per heavy atom. The first-order valence-electron chi connectivity index (χ1n) is 12.0. The molecular formula is C27H29N3O3. The molecule has 6 heteroatoms. The number of nitrogens with zero attached hydrogens (tertiary/aromatic N) is 1. The van der Waals surface area contributed by atoms with Gasteiger partial charge in [0.1, 0.15) is 0 Å². The number of hydrogen-bond acceptors (Lipinski definition) is 4. The predicted octanol–water partition coefficient (Wildman–Crippen LogP) is 4.49. The molecule has 0 unspecified atom stereocenters. The Balaban J connectivity index is 1.48. The van der Waals surface area contributed by atoms with Crippen molar-refractivity contribution in [2.24, 2.45) is 11.1 Å². The summed E-state index contributed by atoms with van der Waals surface area (Å²) in [6, 6.07) is 14.1. The number of rotatable bonds is 4. The monoisotopic (exact) mass is 443 g/mol. The van der Waals surface area contributed by atoms with E-state index in [1.165, 1.54) is 0 Å². The van der Waals surface area contributed by atoms with E-state index in [1.54, 1.807) is 6.07 Å². The summed E-state index contributed by atoms with van der Waals surface area (Å²) in [4.78, 5) is 25.4. The summed E-state index contributed by atoms with van der Waals surface area (Å²) in [5.41, 5.74) is 11.2. The lowest BCUT2D eigenvalue weighted by molar-refractivity contribution is 0.0851. The standard InChI is InChI=1S/C27H29N3O3/c28-26(33)19-10-5-16(13-21(19)29-17-6-8-18(31)9-7-17)25-20-3-1-2-4-22(20)30-23(25)14-27(11-12-27)15-24(30)32/h1-5,10,13,17-18,29,31H,6-9,11-12,14-15H2,(H2,28,33)/t17-,18-. The van der Waals surface area contributed by atoms with Gasteiger partial charge in [-0.2, -0.15) is 0 Å². The molecule has 0 bridgehead atoms. The van der Waals surface area contributed by atoms with Crippen molar-refractivity contribution in [1.29, 1.82) is 0 Å². The van der Waals surface area contributed by atoms with Crippen molar-refractivity contribution in [3.63, 3.8) is 0 Å². The van der Waals surface area contributed by atoms with Crippen LogP contribution in [0.3, 0.4) is 0 Å². The number of aromatic nitrogens is 1. The van der Waals surface area contributed by atoms with Crippen LogP contribution in [0.15, 0.2) is 42.5 Å². The van der Waals surface area contributed by atoms with Crippen molar-refractivity contribution in [1.82, 2.24) is 4.57 Å². The molecular weight excluding hydrogens is 414 g/mol. The number of primary amides is 1. The summed E-state index contributed by atoms with van der Waals surface area (Å²) in [6.07, 6.45) is 6.73. The summed E-state index contributed by atoms with van der Waals surface area (Å²) in [7, 11) is 0. The molecule has 2 saturated carbocycles. The first kappa shape index (κ1) is 20.5. The molecule has 4 N–H and O–H groups in total. The number of benzene rings is 2. The van der Waals surface area contributed by atoms with Crippen LogP contribution >= 0.6 is 0 Å². The zero-order chi connectivity index (χ0) is 22.7. The van der Waals surface area contributed by atoms with Gasteiger partial charge in [0, 0.05) is 34.8 Å². The van der Waals surface area contributed by atoms with Gasteiger partial charge in [0.25, 0.3) is 5.91 Å². The van der Waals surface area contributed by atoms with E-state index in [9.17, 15) is 14.7 Å². The van der Waals surface area contributed by atoms with E-state index in [0.717, 1.165) is 78.4 Å². The highest BCUT2D eigenvalue weighted by molar-refractivity contribution is 6.06. The summed E-state index contributed by atoms with van der Waals surface area (Å²) < 4.78 is 1.92. The second-order valence-electron chi connectivity index (χ2n) is 10.2. The molecule has 1 amide bonds. The van der Waals surface area contributed by atoms with Crippen LogP contribution in [0, 0.1) is 5.41 Å². The summed E-state index contributed by atoms with van der Waals surface area (Å²) >= 11 is 0. The van der Waals surface area contributed by atoms with Crippen molar-refractivity contribution >= 4 is 28.4 Å². The van der Waals surface area contributed by atoms with Crippen molar-refractivity contribution in [3.05, 3.63) is 53.7 Å². The SMILES string of the molecule is NC(=O)c1ccc(-c2c3n(c4ccccc24)C(=O)CC2(CC2)C3)cc1N[C@H]1CC[C@H](O)CC1. The first-order valence-corrected chi connectivity index (χ1v) is 12.0. The molecule has 2 aliphatic carbocycles. The van der Waals surface area contributed by atoms with Gasteiger partial charge in [0.15, 0.2) is 0 Å². The van der Waals surface area contributed by atoms with E-state index < -0.39 is 5.91 Å². The lowest BCUT2D eigenvalue weighted by atomic mass is 9.88. The fraction of sp³-hybridized carbons (Fsp3) is 0.407. The molecule has 1 spiro atoms. The fourth-order valence-corrected chi connectivity index (χ4v) is 5.89. The largest absolute Gasteiger partial charge is 0.393 e. The zero-order valence-corrected chi connectivity index (χ0v) is 18.6. The fourth-order valence-electron chi connectivity index (χ4n) is 5.89. The number of hydrogen-bond donors (Lipinski definition) is 3. The van der Waals surface area contributed by atoms with Gasteiger partial charge in [0.05, 0.1) is 17.2 Å². The minimum Gasteiger partial charge on any atom is -0.393 e. The predicted molar refractivity (Wildman–Crippen MR) is 128 cm³/mol. The maximum absolute atomic E-state index is 13.2. The topological polar surface area (TPSA) is 97.4 Å². The average molecular weight is 444 g/mol. The van der Waals surface area contributed by atoms with Crippen molar-refractivity contribution in [2.45, 2.75) is 63.5 Å². The van der Waals surface area contributed by atoms with Crippen LogP contribution in [-0.2, 0) is 6.42 Å². The highest BCUT2D eigenvalue weighted by Gasteiger charge is 2.49. The minimum atomic E-state index is -0.462. The number of carbonyl (C=O) groups is 2. The Kier molecular flexibility index (Phi) is 4.63. The number of fused-ring (bicyclic) bond motifs is 3. The number of carbonyl (C=O) groups excluding carboxylic acids is 2. The molecule has 2 aromatic carbocycles. The molecule has 3 aromatic rings. The molecule has 6 rings (SSSR count). The van der Waals surface area contributed by atoms with E-state index in [-0.39, 0.29) is 23.5 Å². The second kappa shape index (κ2) is 7.45. The van der Waals surface area contributed by atoms with Crippen LogP contribution in [0.4, 0.5) is 5.69 Å². The van der Waals surface area contributed by atoms with Crippen molar-refractivity contribution < 1.29 is 14.7 Å². The Bertz CT molecular complexity index is 1280. The molecule has 3 aliphatic rings. The molecule has 0 radical (unpaired) electrons. The van der Waals surface area contributed by atoms with Gasteiger partial charge in [-0.1, -0.05) is 24.3 Å². The van der Waals surface area contributed by atoms with Crippen molar-refractivity contribution in [2.75, 3.05) is 5.32 Å². The minimum absolute atomic E-state index is 0.132. The number of para-hydroxylation sites is 1. The Labute approximate surface area is 192 Å². The summed E-state index contributed by atoms with van der Waals surface area (Å²) in [5.74, 6) is -0.278. The molecule has 1 aliphatic heterocycles. The van der Waals surface area contributed by atoms with Crippen LogP contribution in [0.5, 0.6) is 0 Å². The zero-order valence-electron chi connectivity index (χ0n) is 18.6. The maximum Gasteiger partial charge on any atom is 0.250 e. The molecule has 1 aromatic heterocycles. The quantitative estimate of drug-likeness (QED) is 0.553. The smallest absolute Gasteiger partial charge is 0.250 e. The van der Waals surface area contributed by atoms with Crippen LogP contribution in [0.2, 0.25) is 0 Å². The van der Waals surface area contributed by atoms with Gasteiger partial charge in [-0.3, -0.25) is 14.2 Å². The van der Waals surface area contributed by atoms with Gasteiger partial charge >= 0.3 is 0 Å². The molecule has 170 valence electrons. The lowest BCUT2D eigenvalue weighted by Gasteiger charge is -2.28. The number of aliphatic hydroxyl groups excluding tert-OH is 1. The third kappa shape index (κ3) is 3.44. The third-order valence-electron chi connectivity index (χ3n) is 7.88. The number of amides is 1. The first-order chi connectivity index (χ1) is 15.9. The van der Waals surface area contributed by atoms with Gasteiger partial charge in [-0.25, -0.2) is 0 Å². The molecule has 0 atom stereocenters. The molecule has 0 saturated heterocycles. The number of nitrogens with two attached hydrogens (primary N) is 1. The number of nitrogens with one attached hydrogen (secondary N) is 1. The van der Waals surface area contributed by atoms with Gasteiger partial charge < -0.3 is 16.2 Å². The van der Waals surface area contributed by atoms with E-state index >= 15 is 0 Å². The normalized spacial score (nSPS) is 23.5. The van der Waals surface area contributed by atoms with E-state index in [4.69, 9.17) is 5.73 Å². The van der Waals surface area contributed by atoms with E-state index in [2.05, 4.69) is 11.4 Å². The maximum atomic E-state index is 13.2. The van der Waals surface area contributed by atoms with E-state index in [0.29, 0.717) is 12.0 Å². The Morgan fingerprint density at radius 1 is 1.06 bits per heavy atom. The van der Waals surface area contributed by atoms with Crippen LogP contribution in [0.1, 0.15) is 65.8 Å². The summed E-state index contributed by atoms with van der Waals surface area (Å²) in [6.45, 7) is 0. The van der Waals surface area contributed by atoms with Gasteiger partial charge in [0.2, 0.25) is 5.91 Å². The third-order valence-corrected chi connectivity index (χ3v) is 7.88. The van der Waals surface area contributed by atoms with Crippen LogP contribution < -0.4 is 11.1 Å². The van der Waals surface area contributed by atoms with Crippen LogP contribution in [0.25, 0.3) is 22.0 Å². The Morgan fingerprint density at radius 2 is 1.82 bits per heavy atom. The second-order valence-corrected chi connectivity index (χ2v) is 10.2. The van der Waals surface area contributed by atoms with Crippen LogP contribution in [-0.4, -0.2) is 33.6 Å². The van der Waals surface area contributed by atoms with Gasteiger partial charge in [-0.15, -0.1) is 0 Å². The highest BCUT2D eigenvalue weighted by atomic mass is 16.3. The highest BCUT2D eigenvalue weighted by Crippen LogP contribution is 2.56. The molecule has 2 heterocycles. The molecule has 2 fully saturated rings. The van der Waals surface area contributed by atoms with E-state index in [1.807, 2.05) is 34.9 Å². The lowest BCUT2D eigenvalue weighted by Crippen LogP contribution is -2.29. The molecule has 6 nitrogen and oxygen atoms in total. The number of anilines is 1. The average Bonchev–Trinajstić information content (AvgIpc) is 3.44. The summed E-state index contributed by atoms with van der Waals surface area (Å²) in [5, 5.41) is 14.5. The number of aliphatic hydroxyl groups is 1. The Hall–Kier alpha value is -3.12. The molecule has 33 heavy (non-hydrogen) atoms. The van der Waals surface area contributed by atoms with Crippen molar-refractivity contribution in [3.8, 4) is 11.1 Å². The van der Waals surface area contributed by atoms with Gasteiger partial charge in [-0.05, 0) is 74.1 Å².